The third kappa shape index (κ3) is 5.60. The fourth-order valence-corrected chi connectivity index (χ4v) is 6.37. The van der Waals surface area contributed by atoms with Gasteiger partial charge in [-0.25, -0.2) is 4.98 Å². The molecule has 1 amide bonds. The van der Waals surface area contributed by atoms with Crippen LogP contribution in [0.15, 0.2) is 77.3 Å². The Hall–Kier alpha value is -3.73. The van der Waals surface area contributed by atoms with Crippen LogP contribution in [-0.4, -0.2) is 52.9 Å². The van der Waals surface area contributed by atoms with E-state index in [9.17, 15) is 10.1 Å². The molecule has 1 unspecified atom stereocenters. The Labute approximate surface area is 243 Å². The largest absolute Gasteiger partial charge is 0.366 e. The quantitative estimate of drug-likeness (QED) is 0.254. The van der Waals surface area contributed by atoms with Crippen molar-refractivity contribution in [1.82, 2.24) is 14.8 Å². The number of hydrogen-bond donors (Lipinski definition) is 1. The molecule has 1 atom stereocenters. The number of fused-ring (bicyclic) bond motifs is 1. The van der Waals surface area contributed by atoms with Gasteiger partial charge in [0.15, 0.2) is 0 Å². The molecule has 1 aromatic heterocycles. The van der Waals surface area contributed by atoms with Gasteiger partial charge in [-0.3, -0.25) is 4.79 Å². The maximum Gasteiger partial charge on any atom is 0.254 e. The van der Waals surface area contributed by atoms with Gasteiger partial charge in [0.2, 0.25) is 0 Å². The molecule has 0 bridgehead atoms. The van der Waals surface area contributed by atoms with Gasteiger partial charge in [0.25, 0.3) is 5.91 Å². The van der Waals surface area contributed by atoms with Crippen LogP contribution in [0.4, 0.5) is 5.82 Å². The highest BCUT2D eigenvalue weighted by atomic mass is 79.9. The highest BCUT2D eigenvalue weighted by Crippen LogP contribution is 2.31. The number of nitriles is 1. The van der Waals surface area contributed by atoms with Crippen molar-refractivity contribution >= 4 is 38.6 Å². The number of anilines is 1. The summed E-state index contributed by atoms with van der Waals surface area (Å²) in [4.78, 5) is 23.8. The van der Waals surface area contributed by atoms with E-state index in [1.165, 1.54) is 12.8 Å². The predicted octanol–water partition coefficient (Wildman–Crippen LogP) is 6.85. The van der Waals surface area contributed by atoms with E-state index in [1.54, 1.807) is 0 Å². The van der Waals surface area contributed by atoms with Crippen LogP contribution in [0.25, 0.3) is 22.0 Å². The number of benzene rings is 3. The lowest BCUT2D eigenvalue weighted by Crippen LogP contribution is -2.42. The Kier molecular flexibility index (Phi) is 7.81. The van der Waals surface area contributed by atoms with Gasteiger partial charge in [-0.2, -0.15) is 5.26 Å². The highest BCUT2D eigenvalue weighted by molar-refractivity contribution is 9.10. The average molecular weight is 595 g/mol. The molecule has 3 heterocycles. The minimum Gasteiger partial charge on any atom is -0.366 e. The smallest absolute Gasteiger partial charge is 0.254 e. The second kappa shape index (κ2) is 11.8. The summed E-state index contributed by atoms with van der Waals surface area (Å²) >= 11 is 3.63. The Morgan fingerprint density at radius 3 is 2.52 bits per heavy atom. The van der Waals surface area contributed by atoms with Crippen molar-refractivity contribution in [2.24, 2.45) is 0 Å². The van der Waals surface area contributed by atoms with E-state index in [2.05, 4.69) is 49.2 Å². The summed E-state index contributed by atoms with van der Waals surface area (Å²) in [6.45, 7) is 4.61. The van der Waals surface area contributed by atoms with Crippen molar-refractivity contribution in [3.05, 3.63) is 94.0 Å². The van der Waals surface area contributed by atoms with Crippen LogP contribution in [0.3, 0.4) is 0 Å². The molecule has 2 fully saturated rings. The lowest BCUT2D eigenvalue weighted by Gasteiger charge is -2.29. The molecule has 0 spiro atoms. The monoisotopic (exact) mass is 593 g/mol. The predicted molar refractivity (Wildman–Crippen MR) is 163 cm³/mol. The third-order valence-corrected chi connectivity index (χ3v) is 8.88. The van der Waals surface area contributed by atoms with Gasteiger partial charge in [-0.1, -0.05) is 52.3 Å². The zero-order valence-electron chi connectivity index (χ0n) is 22.4. The highest BCUT2D eigenvalue weighted by Gasteiger charge is 2.32. The molecule has 40 heavy (non-hydrogen) atoms. The van der Waals surface area contributed by atoms with E-state index >= 15 is 0 Å². The van der Waals surface area contributed by atoms with E-state index in [4.69, 9.17) is 4.98 Å². The molecule has 0 saturated carbocycles. The van der Waals surface area contributed by atoms with Gasteiger partial charge < -0.3 is 15.1 Å². The molecular formula is C33H32BrN5O. The second-order valence-corrected chi connectivity index (χ2v) is 11.6. The van der Waals surface area contributed by atoms with Crippen molar-refractivity contribution in [1.29, 1.82) is 5.26 Å². The number of aromatic nitrogens is 1. The van der Waals surface area contributed by atoms with Gasteiger partial charge >= 0.3 is 0 Å². The van der Waals surface area contributed by atoms with Crippen molar-refractivity contribution in [2.45, 2.75) is 38.3 Å². The minimum absolute atomic E-state index is 0.0787. The minimum atomic E-state index is 0.0787. The van der Waals surface area contributed by atoms with Crippen molar-refractivity contribution in [2.75, 3.05) is 31.5 Å². The summed E-state index contributed by atoms with van der Waals surface area (Å²) in [5.74, 6) is 0.767. The molecule has 6 rings (SSSR count). The van der Waals surface area contributed by atoms with Crippen LogP contribution >= 0.6 is 15.9 Å². The Balaban J connectivity index is 1.37. The van der Waals surface area contributed by atoms with Crippen LogP contribution in [0, 0.1) is 11.3 Å². The van der Waals surface area contributed by atoms with Crippen LogP contribution in [0.1, 0.15) is 47.2 Å². The number of nitrogens with zero attached hydrogens (tertiary/aromatic N) is 4. The van der Waals surface area contributed by atoms with Gasteiger partial charge in [0.1, 0.15) is 5.82 Å². The molecule has 0 radical (unpaired) electrons. The lowest BCUT2D eigenvalue weighted by molar-refractivity contribution is 0.0710. The first-order valence-electron chi connectivity index (χ1n) is 14.0. The molecule has 2 aliphatic heterocycles. The molecule has 202 valence electrons. The lowest BCUT2D eigenvalue weighted by atomic mass is 9.99. The third-order valence-electron chi connectivity index (χ3n) is 8.11. The maximum atomic E-state index is 14.3. The van der Waals surface area contributed by atoms with E-state index in [-0.39, 0.29) is 11.9 Å². The molecule has 1 N–H and O–H groups in total. The number of carbonyl (C=O) groups excluding carboxylic acids is 1. The number of halogens is 1. The van der Waals surface area contributed by atoms with Crippen molar-refractivity contribution in [3.63, 3.8) is 0 Å². The molecule has 7 heteroatoms. The fourth-order valence-electron chi connectivity index (χ4n) is 5.95. The zero-order valence-corrected chi connectivity index (χ0v) is 24.0. The molecular weight excluding hydrogens is 562 g/mol. The van der Waals surface area contributed by atoms with E-state index in [0.29, 0.717) is 23.5 Å². The summed E-state index contributed by atoms with van der Waals surface area (Å²) in [6, 6.07) is 26.1. The number of likely N-dealkylation sites (tertiary alicyclic amines) is 2. The molecule has 6 nitrogen and oxygen atoms in total. The molecule has 2 saturated heterocycles. The number of nitrogens with one attached hydrogen (secondary N) is 1. The van der Waals surface area contributed by atoms with Gasteiger partial charge in [-0.15, -0.1) is 0 Å². The number of carbonyl (C=O) groups is 1. The van der Waals surface area contributed by atoms with E-state index < -0.39 is 0 Å². The first kappa shape index (κ1) is 26.5. The van der Waals surface area contributed by atoms with Crippen LogP contribution in [0.2, 0.25) is 0 Å². The van der Waals surface area contributed by atoms with Crippen molar-refractivity contribution in [3.8, 4) is 17.2 Å². The van der Waals surface area contributed by atoms with Gasteiger partial charge in [0, 0.05) is 35.5 Å². The van der Waals surface area contributed by atoms with Crippen molar-refractivity contribution < 1.29 is 4.79 Å². The number of pyridine rings is 1. The standard InChI is InChI=1S/C33H32BrN5O/c34-30-8-2-1-6-26(30)21-36-32-19-29(33(40)39-17-5-7-27(39)22-38-15-3-4-16-38)28-18-25(13-14-31(28)37-32)24-11-9-23(20-35)10-12-24/h1-2,6,8-14,18-19,27H,3-5,7,15-17,21-22H2,(H,36,37). The van der Waals surface area contributed by atoms with Crippen LogP contribution in [-0.2, 0) is 6.54 Å². The van der Waals surface area contributed by atoms with Crippen LogP contribution < -0.4 is 5.32 Å². The van der Waals surface area contributed by atoms with Crippen LogP contribution in [0.5, 0.6) is 0 Å². The Morgan fingerprint density at radius 2 is 1.75 bits per heavy atom. The normalized spacial score (nSPS) is 17.3. The number of hydrogen-bond acceptors (Lipinski definition) is 5. The second-order valence-electron chi connectivity index (χ2n) is 10.7. The summed E-state index contributed by atoms with van der Waals surface area (Å²) < 4.78 is 1.04. The topological polar surface area (TPSA) is 72.3 Å². The first-order chi connectivity index (χ1) is 19.6. The zero-order chi connectivity index (χ0) is 27.5. The molecule has 3 aromatic carbocycles. The summed E-state index contributed by atoms with van der Waals surface area (Å²) in [5, 5.41) is 13.5. The molecule has 4 aromatic rings. The fraction of sp³-hybridized carbons (Fsp3) is 0.303. The number of rotatable bonds is 7. The maximum absolute atomic E-state index is 14.3. The molecule has 2 aliphatic rings. The Bertz CT molecular complexity index is 1570. The average Bonchev–Trinajstić information content (AvgIpc) is 3.68. The SMILES string of the molecule is N#Cc1ccc(-c2ccc3nc(NCc4ccccc4Br)cc(C(=O)N4CCCC4CN4CCCC4)c3c2)cc1. The Morgan fingerprint density at radius 1 is 0.975 bits per heavy atom. The number of amides is 1. The van der Waals surface area contributed by atoms with Gasteiger partial charge in [0.05, 0.1) is 22.7 Å². The summed E-state index contributed by atoms with van der Waals surface area (Å²) in [6.07, 6.45) is 4.59. The summed E-state index contributed by atoms with van der Waals surface area (Å²) in [7, 11) is 0. The van der Waals surface area contributed by atoms with E-state index in [0.717, 1.165) is 71.1 Å². The first-order valence-corrected chi connectivity index (χ1v) is 14.8. The van der Waals surface area contributed by atoms with Gasteiger partial charge in [-0.05, 0) is 91.9 Å². The summed E-state index contributed by atoms with van der Waals surface area (Å²) in [5.41, 5.74) is 5.22. The van der Waals surface area contributed by atoms with E-state index in [1.807, 2.05) is 60.7 Å². The molecule has 0 aliphatic carbocycles.